The number of benzene rings is 1. The number of nitrogens with zero attached hydrogens (tertiary/aromatic N) is 1. The van der Waals surface area contributed by atoms with Crippen molar-refractivity contribution in [1.82, 2.24) is 4.90 Å². The molecule has 6 nitrogen and oxygen atoms in total. The second-order valence-electron chi connectivity index (χ2n) is 6.33. The molecule has 0 aliphatic heterocycles. The van der Waals surface area contributed by atoms with Crippen LogP contribution < -0.4 is 9.74 Å². The number of rotatable bonds is 9. The normalized spacial score (nSPS) is 11.3. The molecular formula is C18H30N2O4Si. The van der Waals surface area contributed by atoms with Crippen LogP contribution in [0.3, 0.4) is 0 Å². The quantitative estimate of drug-likeness (QED) is 0.536. The summed E-state index contributed by atoms with van der Waals surface area (Å²) in [7, 11) is 3.06. The molecule has 1 rings (SSSR count). The highest BCUT2D eigenvalue weighted by Gasteiger charge is 2.32. The highest BCUT2D eigenvalue weighted by atomic mass is 28.4. The van der Waals surface area contributed by atoms with Crippen LogP contribution in [0.1, 0.15) is 31.1 Å². The lowest BCUT2D eigenvalue weighted by Gasteiger charge is -2.30. The number of hydrogen-bond donors (Lipinski definition) is 1. The van der Waals surface area contributed by atoms with E-state index in [4.69, 9.17) is 9.16 Å². The van der Waals surface area contributed by atoms with E-state index in [-0.39, 0.29) is 12.5 Å². The maximum Gasteiger partial charge on any atom is 0.341 e. The van der Waals surface area contributed by atoms with Crippen molar-refractivity contribution in [1.29, 1.82) is 0 Å². The first-order chi connectivity index (χ1) is 11.8. The average Bonchev–Trinajstić information content (AvgIpc) is 2.59. The first-order valence-corrected chi connectivity index (χ1v) is 11.2. The van der Waals surface area contributed by atoms with Gasteiger partial charge in [-0.15, -0.1) is 0 Å². The summed E-state index contributed by atoms with van der Waals surface area (Å²) in [5, 5.41) is 2.79. The fourth-order valence-electron chi connectivity index (χ4n) is 2.65. The molecule has 0 fully saturated rings. The molecule has 0 bridgehead atoms. The van der Waals surface area contributed by atoms with E-state index in [0.717, 1.165) is 18.1 Å². The Kier molecular flexibility index (Phi) is 8.11. The summed E-state index contributed by atoms with van der Waals surface area (Å²) in [6.07, 6.45) is 0. The van der Waals surface area contributed by atoms with E-state index >= 15 is 0 Å². The molecule has 0 aromatic heterocycles. The van der Waals surface area contributed by atoms with E-state index in [1.807, 2.05) is 14.1 Å². The molecule has 0 saturated heterocycles. The molecule has 140 valence electrons. The molecule has 0 saturated carbocycles. The number of ether oxygens (including phenoxy) is 1. The zero-order valence-electron chi connectivity index (χ0n) is 16.1. The van der Waals surface area contributed by atoms with Crippen molar-refractivity contribution < 1.29 is 18.8 Å². The second kappa shape index (κ2) is 9.58. The van der Waals surface area contributed by atoms with Crippen LogP contribution in [-0.4, -0.2) is 52.8 Å². The van der Waals surface area contributed by atoms with Gasteiger partial charge in [-0.25, -0.2) is 4.79 Å². The van der Waals surface area contributed by atoms with Gasteiger partial charge < -0.3 is 19.4 Å². The summed E-state index contributed by atoms with van der Waals surface area (Å²) in [5.74, 6) is -0.0755. The van der Waals surface area contributed by atoms with Gasteiger partial charge in [-0.1, -0.05) is 20.8 Å². The maximum absolute atomic E-state index is 12.2. The van der Waals surface area contributed by atoms with Gasteiger partial charge >= 0.3 is 5.97 Å². The zero-order chi connectivity index (χ0) is 19.0. The summed E-state index contributed by atoms with van der Waals surface area (Å²) in [6, 6.07) is 8.05. The summed E-state index contributed by atoms with van der Waals surface area (Å²) in [5.41, 5.74) is 0.897. The van der Waals surface area contributed by atoms with Gasteiger partial charge in [0.2, 0.25) is 5.91 Å². The zero-order valence-corrected chi connectivity index (χ0v) is 17.1. The van der Waals surface area contributed by atoms with E-state index in [0.29, 0.717) is 17.0 Å². The summed E-state index contributed by atoms with van der Waals surface area (Å²) in [6.45, 7) is 6.66. The number of carbonyl (C=O) groups excluding carboxylic acids is 2. The predicted molar refractivity (Wildman–Crippen MR) is 103 cm³/mol. The topological polar surface area (TPSA) is 67.9 Å². The molecule has 1 amide bonds. The molecule has 0 aliphatic carbocycles. The minimum atomic E-state index is -1.92. The standard InChI is InChI=1S/C18H30N2O4Si/c1-7-25(8-2,9-3)24-16-11-10-14(12-15(16)18(22)23-6)19-17(21)13-20(4)5/h10-12H,7-9,13H2,1-6H3,(H,19,21). The third-order valence-electron chi connectivity index (χ3n) is 4.39. The number of likely N-dealkylation sites (N-methyl/N-ethyl adjacent to an activating group) is 1. The van der Waals surface area contributed by atoms with Gasteiger partial charge in [-0.2, -0.15) is 0 Å². The molecule has 0 spiro atoms. The number of amides is 1. The van der Waals surface area contributed by atoms with Crippen LogP contribution in [0.2, 0.25) is 18.1 Å². The Balaban J connectivity index is 3.14. The van der Waals surface area contributed by atoms with Gasteiger partial charge in [0, 0.05) is 5.69 Å². The van der Waals surface area contributed by atoms with Crippen molar-refractivity contribution in [2.24, 2.45) is 0 Å². The first kappa shape index (κ1) is 21.2. The van der Waals surface area contributed by atoms with Gasteiger partial charge in [0.15, 0.2) is 0 Å². The SMILES string of the molecule is CC[Si](CC)(CC)Oc1ccc(NC(=O)CN(C)C)cc1C(=O)OC. The lowest BCUT2D eigenvalue weighted by Crippen LogP contribution is -2.39. The fourth-order valence-corrected chi connectivity index (χ4v) is 5.23. The molecule has 25 heavy (non-hydrogen) atoms. The van der Waals surface area contributed by atoms with Crippen molar-refractivity contribution in [2.75, 3.05) is 33.1 Å². The van der Waals surface area contributed by atoms with E-state index in [9.17, 15) is 9.59 Å². The maximum atomic E-state index is 12.2. The Morgan fingerprint density at radius 1 is 1.12 bits per heavy atom. The molecule has 0 radical (unpaired) electrons. The Hall–Kier alpha value is -1.86. The predicted octanol–water partition coefficient (Wildman–Crippen LogP) is 3.36. The number of hydrogen-bond acceptors (Lipinski definition) is 5. The van der Waals surface area contributed by atoms with Crippen LogP contribution >= 0.6 is 0 Å². The molecule has 0 atom stereocenters. The van der Waals surface area contributed by atoms with Crippen LogP contribution in [0, 0.1) is 0 Å². The van der Waals surface area contributed by atoms with Crippen molar-refractivity contribution in [3.8, 4) is 5.75 Å². The number of anilines is 1. The van der Waals surface area contributed by atoms with Gasteiger partial charge in [-0.3, -0.25) is 4.79 Å². The minimum Gasteiger partial charge on any atom is -0.543 e. The molecule has 7 heteroatoms. The fraction of sp³-hybridized carbons (Fsp3) is 0.556. The van der Waals surface area contributed by atoms with Crippen LogP contribution in [0.5, 0.6) is 5.75 Å². The van der Waals surface area contributed by atoms with Gasteiger partial charge in [0.25, 0.3) is 8.32 Å². The number of esters is 1. The van der Waals surface area contributed by atoms with E-state index in [2.05, 4.69) is 26.1 Å². The van der Waals surface area contributed by atoms with E-state index in [1.165, 1.54) is 7.11 Å². The molecule has 1 N–H and O–H groups in total. The number of carbonyl (C=O) groups is 2. The lowest BCUT2D eigenvalue weighted by atomic mass is 10.1. The monoisotopic (exact) mass is 366 g/mol. The Morgan fingerprint density at radius 2 is 1.72 bits per heavy atom. The summed E-state index contributed by atoms with van der Waals surface area (Å²) < 4.78 is 11.2. The van der Waals surface area contributed by atoms with Crippen molar-refractivity contribution in [2.45, 2.75) is 38.9 Å². The molecule has 0 heterocycles. The van der Waals surface area contributed by atoms with Crippen LogP contribution in [0.25, 0.3) is 0 Å². The van der Waals surface area contributed by atoms with Crippen LogP contribution in [-0.2, 0) is 9.53 Å². The summed E-state index contributed by atoms with van der Waals surface area (Å²) >= 11 is 0. The van der Waals surface area contributed by atoms with Crippen molar-refractivity contribution in [3.63, 3.8) is 0 Å². The lowest BCUT2D eigenvalue weighted by molar-refractivity contribution is -0.116. The van der Waals surface area contributed by atoms with E-state index in [1.54, 1.807) is 23.1 Å². The first-order valence-electron chi connectivity index (χ1n) is 8.66. The number of nitrogens with one attached hydrogen (secondary N) is 1. The third-order valence-corrected chi connectivity index (χ3v) is 8.91. The smallest absolute Gasteiger partial charge is 0.341 e. The Labute approximate surface area is 151 Å². The molecule has 0 unspecified atom stereocenters. The highest BCUT2D eigenvalue weighted by molar-refractivity contribution is 6.74. The Bertz CT molecular complexity index is 592. The molecular weight excluding hydrogens is 336 g/mol. The average molecular weight is 367 g/mol. The minimum absolute atomic E-state index is 0.145. The number of methoxy groups -OCH3 is 1. The van der Waals surface area contributed by atoms with Crippen LogP contribution in [0.15, 0.2) is 18.2 Å². The van der Waals surface area contributed by atoms with Crippen molar-refractivity contribution >= 4 is 25.9 Å². The highest BCUT2D eigenvalue weighted by Crippen LogP contribution is 2.30. The largest absolute Gasteiger partial charge is 0.543 e. The van der Waals surface area contributed by atoms with Gasteiger partial charge in [0.1, 0.15) is 11.3 Å². The van der Waals surface area contributed by atoms with Crippen molar-refractivity contribution in [3.05, 3.63) is 23.8 Å². The van der Waals surface area contributed by atoms with Gasteiger partial charge in [-0.05, 0) is 50.4 Å². The van der Waals surface area contributed by atoms with Gasteiger partial charge in [0.05, 0.1) is 13.7 Å². The molecule has 1 aromatic carbocycles. The Morgan fingerprint density at radius 3 is 2.20 bits per heavy atom. The third kappa shape index (κ3) is 5.86. The van der Waals surface area contributed by atoms with Crippen LogP contribution in [0.4, 0.5) is 5.69 Å². The van der Waals surface area contributed by atoms with E-state index < -0.39 is 14.3 Å². The molecule has 0 aliphatic rings. The molecule has 1 aromatic rings. The summed E-state index contributed by atoms with van der Waals surface area (Å²) in [4.78, 5) is 25.9. The second-order valence-corrected chi connectivity index (χ2v) is 11.0.